The molecule has 1 fully saturated rings. The van der Waals surface area contributed by atoms with E-state index in [0.29, 0.717) is 30.1 Å². The van der Waals surface area contributed by atoms with Crippen molar-refractivity contribution in [3.63, 3.8) is 0 Å². The number of likely N-dealkylation sites (tertiary alicyclic amines) is 1. The average molecular weight is 425 g/mol. The molecule has 2 aromatic carbocycles. The van der Waals surface area contributed by atoms with E-state index in [2.05, 4.69) is 5.32 Å². The largest absolute Gasteiger partial charge is 0.352 e. The van der Waals surface area contributed by atoms with Crippen LogP contribution in [0.2, 0.25) is 5.02 Å². The molecule has 3 aromatic rings. The lowest BCUT2D eigenvalue weighted by atomic mass is 10.2. The topological polar surface area (TPSA) is 67.2 Å². The number of amides is 2. The molecule has 156 valence electrons. The number of hydrogen-bond acceptors (Lipinski definition) is 3. The van der Waals surface area contributed by atoms with Crippen LogP contribution >= 0.6 is 11.6 Å². The van der Waals surface area contributed by atoms with Crippen molar-refractivity contribution in [1.82, 2.24) is 19.8 Å². The van der Waals surface area contributed by atoms with Crippen LogP contribution in [0.1, 0.15) is 35.4 Å². The minimum Gasteiger partial charge on any atom is -0.352 e. The second-order valence-corrected chi connectivity index (χ2v) is 8.00. The van der Waals surface area contributed by atoms with Gasteiger partial charge in [-0.25, -0.2) is 4.98 Å². The first-order valence-corrected chi connectivity index (χ1v) is 10.8. The van der Waals surface area contributed by atoms with E-state index in [0.717, 1.165) is 49.2 Å². The Morgan fingerprint density at radius 1 is 1.07 bits per heavy atom. The Morgan fingerprint density at radius 2 is 1.87 bits per heavy atom. The fourth-order valence-electron chi connectivity index (χ4n) is 3.87. The summed E-state index contributed by atoms with van der Waals surface area (Å²) in [5, 5.41) is 3.47. The molecule has 1 N–H and O–H groups in total. The molecule has 1 aliphatic rings. The van der Waals surface area contributed by atoms with Gasteiger partial charge in [0.05, 0.1) is 11.0 Å². The molecule has 0 bridgehead atoms. The molecule has 0 unspecified atom stereocenters. The van der Waals surface area contributed by atoms with Crippen molar-refractivity contribution < 1.29 is 9.59 Å². The highest BCUT2D eigenvalue weighted by Crippen LogP contribution is 2.18. The predicted octanol–water partition coefficient (Wildman–Crippen LogP) is 3.67. The molecule has 1 saturated heterocycles. The highest BCUT2D eigenvalue weighted by Gasteiger charge is 2.20. The van der Waals surface area contributed by atoms with Crippen LogP contribution in [0.15, 0.2) is 48.5 Å². The van der Waals surface area contributed by atoms with E-state index in [1.165, 1.54) is 0 Å². The van der Waals surface area contributed by atoms with E-state index in [1.54, 1.807) is 24.3 Å². The molecule has 1 aromatic heterocycles. The smallest absolute Gasteiger partial charge is 0.251 e. The fourth-order valence-corrected chi connectivity index (χ4v) is 4.06. The van der Waals surface area contributed by atoms with Gasteiger partial charge in [0.25, 0.3) is 5.91 Å². The van der Waals surface area contributed by atoms with Gasteiger partial charge in [0.1, 0.15) is 12.4 Å². The fraction of sp³-hybridized carbons (Fsp3) is 0.348. The van der Waals surface area contributed by atoms with Gasteiger partial charge in [-0.2, -0.15) is 0 Å². The number of carbonyl (C=O) groups is 2. The summed E-state index contributed by atoms with van der Waals surface area (Å²) in [6.07, 6.45) is 3.57. The van der Waals surface area contributed by atoms with Crippen molar-refractivity contribution in [2.45, 2.75) is 32.2 Å². The molecule has 1 aliphatic heterocycles. The predicted molar refractivity (Wildman–Crippen MR) is 118 cm³/mol. The van der Waals surface area contributed by atoms with Crippen molar-refractivity contribution in [3.8, 4) is 0 Å². The summed E-state index contributed by atoms with van der Waals surface area (Å²) >= 11 is 5.95. The van der Waals surface area contributed by atoms with E-state index in [4.69, 9.17) is 16.6 Å². The molecule has 2 amide bonds. The van der Waals surface area contributed by atoms with E-state index in [1.807, 2.05) is 33.7 Å². The summed E-state index contributed by atoms with van der Waals surface area (Å²) < 4.78 is 2.02. The number of halogens is 1. The second kappa shape index (κ2) is 9.30. The molecular formula is C23H25ClN4O2. The molecule has 0 saturated carbocycles. The third-order valence-electron chi connectivity index (χ3n) is 5.44. The van der Waals surface area contributed by atoms with Crippen molar-refractivity contribution in [2.75, 3.05) is 19.6 Å². The first kappa shape index (κ1) is 20.4. The van der Waals surface area contributed by atoms with E-state index < -0.39 is 0 Å². The van der Waals surface area contributed by atoms with Crippen LogP contribution in [0, 0.1) is 0 Å². The number of nitrogens with zero attached hydrogens (tertiary/aromatic N) is 3. The number of imidazole rings is 1. The maximum atomic E-state index is 12.7. The third-order valence-corrected chi connectivity index (χ3v) is 5.67. The quantitative estimate of drug-likeness (QED) is 0.588. The number of aryl methyl sites for hydroxylation is 1. The molecule has 7 heteroatoms. The molecule has 0 spiro atoms. The number of fused-ring (bicyclic) bond motifs is 1. The molecule has 30 heavy (non-hydrogen) atoms. The summed E-state index contributed by atoms with van der Waals surface area (Å²) in [4.78, 5) is 31.7. The van der Waals surface area contributed by atoms with Gasteiger partial charge in [0, 0.05) is 36.6 Å². The zero-order valence-corrected chi connectivity index (χ0v) is 17.6. The van der Waals surface area contributed by atoms with Crippen LogP contribution in [0.3, 0.4) is 0 Å². The van der Waals surface area contributed by atoms with Gasteiger partial charge in [-0.05, 0) is 49.6 Å². The van der Waals surface area contributed by atoms with Crippen LogP contribution < -0.4 is 5.32 Å². The van der Waals surface area contributed by atoms with Crippen LogP contribution in [-0.4, -0.2) is 45.9 Å². The zero-order valence-electron chi connectivity index (χ0n) is 16.8. The molecule has 0 radical (unpaired) electrons. The lowest BCUT2D eigenvalue weighted by molar-refractivity contribution is -0.130. The number of hydrogen-bond donors (Lipinski definition) is 1. The molecule has 4 rings (SSSR count). The number of rotatable bonds is 7. The van der Waals surface area contributed by atoms with Crippen molar-refractivity contribution >= 4 is 34.4 Å². The number of para-hydroxylation sites is 2. The van der Waals surface area contributed by atoms with Crippen LogP contribution in [0.25, 0.3) is 11.0 Å². The van der Waals surface area contributed by atoms with Crippen LogP contribution in [0.4, 0.5) is 0 Å². The Bertz CT molecular complexity index is 1060. The Labute approximate surface area is 180 Å². The lowest BCUT2D eigenvalue weighted by Crippen LogP contribution is -2.31. The van der Waals surface area contributed by atoms with Gasteiger partial charge in [0.15, 0.2) is 0 Å². The second-order valence-electron chi connectivity index (χ2n) is 7.56. The van der Waals surface area contributed by atoms with Gasteiger partial charge in [-0.15, -0.1) is 0 Å². The highest BCUT2D eigenvalue weighted by molar-refractivity contribution is 6.30. The zero-order chi connectivity index (χ0) is 20.9. The first-order chi connectivity index (χ1) is 14.6. The average Bonchev–Trinajstić information content (AvgIpc) is 3.40. The molecule has 6 nitrogen and oxygen atoms in total. The van der Waals surface area contributed by atoms with Crippen LogP contribution in [-0.2, 0) is 17.8 Å². The minimum absolute atomic E-state index is 0.143. The molecule has 0 atom stereocenters. The van der Waals surface area contributed by atoms with Crippen molar-refractivity contribution in [2.24, 2.45) is 0 Å². The number of carbonyl (C=O) groups excluding carboxylic acids is 2. The van der Waals surface area contributed by atoms with Gasteiger partial charge >= 0.3 is 0 Å². The number of benzene rings is 2. The molecule has 2 heterocycles. The van der Waals surface area contributed by atoms with E-state index in [9.17, 15) is 9.59 Å². The Morgan fingerprint density at radius 3 is 2.67 bits per heavy atom. The summed E-state index contributed by atoms with van der Waals surface area (Å²) in [6.45, 7) is 2.52. The maximum Gasteiger partial charge on any atom is 0.251 e. The van der Waals surface area contributed by atoms with Crippen molar-refractivity contribution in [3.05, 3.63) is 64.9 Å². The summed E-state index contributed by atoms with van der Waals surface area (Å²) in [5.74, 6) is 0.877. The normalized spacial score (nSPS) is 13.7. The maximum absolute atomic E-state index is 12.7. The summed E-state index contributed by atoms with van der Waals surface area (Å²) in [6, 6.07) is 14.8. The van der Waals surface area contributed by atoms with E-state index >= 15 is 0 Å². The SMILES string of the molecule is O=C(NCCCc1nc2ccccc2n1CC(=O)N1CCCC1)c1cccc(Cl)c1. The van der Waals surface area contributed by atoms with E-state index in [-0.39, 0.29) is 11.8 Å². The number of nitrogens with one attached hydrogen (secondary N) is 1. The minimum atomic E-state index is -0.143. The Hall–Kier alpha value is -2.86. The van der Waals surface area contributed by atoms with Gasteiger partial charge in [0.2, 0.25) is 5.91 Å². The van der Waals surface area contributed by atoms with Gasteiger partial charge in [-0.1, -0.05) is 29.8 Å². The van der Waals surface area contributed by atoms with Gasteiger partial charge < -0.3 is 14.8 Å². The molecular weight excluding hydrogens is 400 g/mol. The summed E-state index contributed by atoms with van der Waals surface area (Å²) in [7, 11) is 0. The Balaban J connectivity index is 1.40. The van der Waals surface area contributed by atoms with Gasteiger partial charge in [-0.3, -0.25) is 9.59 Å². The Kier molecular flexibility index (Phi) is 6.33. The van der Waals surface area contributed by atoms with Crippen molar-refractivity contribution in [1.29, 1.82) is 0 Å². The third kappa shape index (κ3) is 4.65. The monoisotopic (exact) mass is 424 g/mol. The summed E-state index contributed by atoms with van der Waals surface area (Å²) in [5.41, 5.74) is 2.42. The first-order valence-electron chi connectivity index (χ1n) is 10.4. The highest BCUT2D eigenvalue weighted by atomic mass is 35.5. The number of aromatic nitrogens is 2. The van der Waals surface area contributed by atoms with Crippen LogP contribution in [0.5, 0.6) is 0 Å². The lowest BCUT2D eigenvalue weighted by Gasteiger charge is -2.17. The molecule has 0 aliphatic carbocycles. The standard InChI is InChI=1S/C23H25ClN4O2/c24-18-8-5-7-17(15-18)23(30)25-12-6-11-21-26-19-9-1-2-10-20(19)28(21)16-22(29)27-13-3-4-14-27/h1-2,5,7-10,15H,3-4,6,11-14,16H2,(H,25,30).